The maximum Gasteiger partial charge on any atom is 0.358 e. The van der Waals surface area contributed by atoms with Crippen molar-refractivity contribution in [3.63, 3.8) is 0 Å². The fraction of sp³-hybridized carbons (Fsp3) is 0.250. The molecular weight excluding hydrogens is 584 g/mol. The Morgan fingerprint density at radius 1 is 1.04 bits per heavy atom. The number of urea groups is 1. The molecule has 1 aliphatic heterocycles. The zero-order valence-electron chi connectivity index (χ0n) is 13.3. The van der Waals surface area contributed by atoms with E-state index in [4.69, 9.17) is 58.0 Å². The second kappa shape index (κ2) is 11.9. The van der Waals surface area contributed by atoms with Crippen LogP contribution < -0.4 is 10.6 Å². The highest BCUT2D eigenvalue weighted by atomic mass is 127. The SMILES string of the molecule is COC(=O)C1=C(Cl)C(Cl)NC(=O)N1.COC(=O)c1nc(Cl)nc(Cl)c1Cl.I. The molecule has 150 valence electrons. The van der Waals surface area contributed by atoms with Crippen LogP contribution >= 0.6 is 82.0 Å². The summed E-state index contributed by atoms with van der Waals surface area (Å²) in [5, 5.41) is 4.14. The Balaban J connectivity index is 0.000000483. The summed E-state index contributed by atoms with van der Waals surface area (Å²) < 4.78 is 8.77. The van der Waals surface area contributed by atoms with Gasteiger partial charge in [0, 0.05) is 0 Å². The Kier molecular flexibility index (Phi) is 11.6. The Hall–Kier alpha value is -0.790. The molecule has 27 heavy (non-hydrogen) atoms. The van der Waals surface area contributed by atoms with Crippen LogP contribution in [0, 0.1) is 0 Å². The fourth-order valence-electron chi connectivity index (χ4n) is 1.39. The molecule has 0 aliphatic carbocycles. The molecule has 0 saturated carbocycles. The molecule has 2 rings (SSSR count). The van der Waals surface area contributed by atoms with Crippen LogP contribution in [0.3, 0.4) is 0 Å². The normalized spacial score (nSPS) is 15.4. The van der Waals surface area contributed by atoms with Gasteiger partial charge in [-0.1, -0.05) is 46.4 Å². The van der Waals surface area contributed by atoms with Crippen LogP contribution in [0.25, 0.3) is 0 Å². The van der Waals surface area contributed by atoms with Gasteiger partial charge >= 0.3 is 18.0 Å². The number of hydrogen-bond donors (Lipinski definition) is 2. The summed E-state index contributed by atoms with van der Waals surface area (Å²) in [6.45, 7) is 0. The molecule has 1 aromatic rings. The molecule has 9 nitrogen and oxygen atoms in total. The standard InChI is InChI=1S/C6H3Cl3N2O2.C6H6Cl2N2O3.HI/c1-13-5(12)3-2(7)4(8)11-6(9)10-3;1-13-5(11)3-2(7)4(8)10-6(12)9-3;/h1H3;4H,1H3,(H2,9,10,12);1H. The van der Waals surface area contributed by atoms with Crippen LogP contribution in [-0.4, -0.2) is 47.7 Å². The number of rotatable bonds is 2. The number of nitrogens with zero attached hydrogens (tertiary/aromatic N) is 2. The van der Waals surface area contributed by atoms with E-state index in [1.165, 1.54) is 14.2 Å². The zero-order chi connectivity index (χ0) is 20.0. The molecule has 2 N–H and O–H groups in total. The summed E-state index contributed by atoms with van der Waals surface area (Å²) in [6.07, 6.45) is 0. The van der Waals surface area contributed by atoms with Gasteiger partial charge in [-0.25, -0.2) is 24.4 Å². The molecule has 0 radical (unpaired) electrons. The Labute approximate surface area is 195 Å². The van der Waals surface area contributed by atoms with Crippen LogP contribution in [0.1, 0.15) is 10.5 Å². The van der Waals surface area contributed by atoms with Crippen molar-refractivity contribution in [2.24, 2.45) is 0 Å². The van der Waals surface area contributed by atoms with Crippen molar-refractivity contribution in [2.45, 2.75) is 5.50 Å². The van der Waals surface area contributed by atoms with E-state index in [2.05, 4.69) is 30.1 Å². The van der Waals surface area contributed by atoms with Crippen molar-refractivity contribution in [1.82, 2.24) is 20.6 Å². The number of aromatic nitrogens is 2. The van der Waals surface area contributed by atoms with Gasteiger partial charge in [0.25, 0.3) is 0 Å². The van der Waals surface area contributed by atoms with E-state index >= 15 is 0 Å². The first-order valence-corrected chi connectivity index (χ1v) is 8.23. The number of methoxy groups -OCH3 is 2. The summed E-state index contributed by atoms with van der Waals surface area (Å²) in [4.78, 5) is 40.0. The monoisotopic (exact) mass is 592 g/mol. The third-order valence-electron chi connectivity index (χ3n) is 2.51. The molecule has 15 heteroatoms. The van der Waals surface area contributed by atoms with Crippen molar-refractivity contribution in [3.8, 4) is 0 Å². The topological polar surface area (TPSA) is 120 Å². The molecule has 1 atom stereocenters. The van der Waals surface area contributed by atoms with Crippen LogP contribution in [0.2, 0.25) is 15.5 Å². The Morgan fingerprint density at radius 2 is 1.59 bits per heavy atom. The minimum absolute atomic E-state index is 0. The van der Waals surface area contributed by atoms with Crippen LogP contribution in [0.5, 0.6) is 0 Å². The molecule has 2 heterocycles. The first kappa shape index (κ1) is 26.2. The van der Waals surface area contributed by atoms with E-state index < -0.39 is 23.5 Å². The van der Waals surface area contributed by atoms with Gasteiger partial charge in [0.1, 0.15) is 16.2 Å². The lowest BCUT2D eigenvalue weighted by molar-refractivity contribution is -0.136. The number of carbonyl (C=O) groups excluding carboxylic acids is 3. The van der Waals surface area contributed by atoms with Gasteiger partial charge in [0.2, 0.25) is 5.28 Å². The Bertz CT molecular complexity index is 779. The quantitative estimate of drug-likeness (QED) is 0.135. The van der Waals surface area contributed by atoms with Crippen LogP contribution in [0.4, 0.5) is 4.79 Å². The van der Waals surface area contributed by atoms with E-state index in [1.54, 1.807) is 0 Å². The number of hydrogen-bond acceptors (Lipinski definition) is 7. The van der Waals surface area contributed by atoms with E-state index in [-0.39, 0.29) is 55.9 Å². The van der Waals surface area contributed by atoms with Gasteiger partial charge in [-0.2, -0.15) is 0 Å². The highest BCUT2D eigenvalue weighted by molar-refractivity contribution is 14.0. The van der Waals surface area contributed by atoms with Gasteiger partial charge < -0.3 is 20.1 Å². The maximum atomic E-state index is 11.0. The maximum absolute atomic E-state index is 11.0. The number of amides is 2. The molecule has 0 aromatic carbocycles. The number of nitrogens with one attached hydrogen (secondary N) is 2. The summed E-state index contributed by atoms with van der Waals surface area (Å²) >= 11 is 27.8. The summed E-state index contributed by atoms with van der Waals surface area (Å²) in [6, 6.07) is -0.593. The number of carbonyl (C=O) groups is 3. The second-order valence-corrected chi connectivity index (χ2v) is 6.03. The number of esters is 2. The smallest absolute Gasteiger partial charge is 0.358 e. The predicted molar refractivity (Wildman–Crippen MR) is 110 cm³/mol. The zero-order valence-corrected chi connectivity index (χ0v) is 19.4. The van der Waals surface area contributed by atoms with E-state index in [0.717, 1.165) is 0 Å². The Morgan fingerprint density at radius 3 is 2.11 bits per heavy atom. The molecule has 1 aliphatic rings. The number of alkyl halides is 1. The van der Waals surface area contributed by atoms with Crippen molar-refractivity contribution in [1.29, 1.82) is 0 Å². The van der Waals surface area contributed by atoms with Gasteiger partial charge in [0.05, 0.1) is 19.3 Å². The third-order valence-corrected chi connectivity index (χ3v) is 4.25. The lowest BCUT2D eigenvalue weighted by Crippen LogP contribution is -2.47. The van der Waals surface area contributed by atoms with Crippen LogP contribution in [-0.2, 0) is 14.3 Å². The molecule has 0 spiro atoms. The lowest BCUT2D eigenvalue weighted by Gasteiger charge is -2.20. The van der Waals surface area contributed by atoms with Gasteiger partial charge in [-0.15, -0.1) is 24.0 Å². The summed E-state index contributed by atoms with van der Waals surface area (Å²) in [7, 11) is 2.37. The summed E-state index contributed by atoms with van der Waals surface area (Å²) in [5.74, 6) is -1.44. The van der Waals surface area contributed by atoms with Crippen molar-refractivity contribution in [2.75, 3.05) is 14.2 Å². The number of halogens is 6. The average molecular weight is 594 g/mol. The van der Waals surface area contributed by atoms with Crippen molar-refractivity contribution < 1.29 is 23.9 Å². The third kappa shape index (κ3) is 7.27. The van der Waals surface area contributed by atoms with Crippen molar-refractivity contribution >= 4 is 100.0 Å². The molecule has 0 saturated heterocycles. The molecule has 0 fully saturated rings. The highest BCUT2D eigenvalue weighted by Crippen LogP contribution is 2.24. The lowest BCUT2D eigenvalue weighted by atomic mass is 10.3. The van der Waals surface area contributed by atoms with Gasteiger partial charge in [0.15, 0.2) is 10.8 Å². The van der Waals surface area contributed by atoms with E-state index in [1.807, 2.05) is 0 Å². The molecule has 0 bridgehead atoms. The van der Waals surface area contributed by atoms with Crippen LogP contribution in [0.15, 0.2) is 10.7 Å². The first-order valence-electron chi connectivity index (χ1n) is 6.28. The predicted octanol–water partition coefficient (Wildman–Crippen LogP) is 3.33. The molecular formula is C12H10Cl5IN4O5. The van der Waals surface area contributed by atoms with Crippen molar-refractivity contribution in [3.05, 3.63) is 31.9 Å². The average Bonchev–Trinajstić information content (AvgIpc) is 2.60. The number of ether oxygens (including phenoxy) is 2. The first-order chi connectivity index (χ1) is 12.1. The fourth-order valence-corrected chi connectivity index (χ4v) is 2.32. The largest absolute Gasteiger partial charge is 0.464 e. The van der Waals surface area contributed by atoms with Gasteiger partial charge in [-0.05, 0) is 11.6 Å². The second-order valence-electron chi connectivity index (χ2n) is 4.11. The van der Waals surface area contributed by atoms with Gasteiger partial charge in [-0.3, -0.25) is 0 Å². The summed E-state index contributed by atoms with van der Waals surface area (Å²) in [5.41, 5.74) is -1.17. The minimum atomic E-state index is -0.899. The minimum Gasteiger partial charge on any atom is -0.464 e. The highest BCUT2D eigenvalue weighted by Gasteiger charge is 2.28. The van der Waals surface area contributed by atoms with E-state index in [9.17, 15) is 14.4 Å². The van der Waals surface area contributed by atoms with E-state index in [0.29, 0.717) is 0 Å². The molecule has 2 amide bonds. The molecule has 1 aromatic heterocycles. The molecule has 1 unspecified atom stereocenters.